The summed E-state index contributed by atoms with van der Waals surface area (Å²) in [4.78, 5) is 26.1. The molecule has 0 fully saturated rings. The quantitative estimate of drug-likeness (QED) is 0.0879. The van der Waals surface area contributed by atoms with Crippen LogP contribution in [-0.2, 0) is 20.6 Å². The number of rotatable bonds is 19. The molecule has 0 radical (unpaired) electrons. The number of aliphatic hydroxyl groups excluding tert-OH is 1. The van der Waals surface area contributed by atoms with Crippen LogP contribution < -0.4 is 5.32 Å². The number of benzene rings is 2. The Balaban J connectivity index is 0. The number of unbranched alkanes of at least 4 members (excludes halogenated alkanes) is 10. The summed E-state index contributed by atoms with van der Waals surface area (Å²) in [7, 11) is 0. The zero-order chi connectivity index (χ0) is 36.4. The fourth-order valence-electron chi connectivity index (χ4n) is 4.82. The van der Waals surface area contributed by atoms with Gasteiger partial charge in [-0.25, -0.2) is 9.59 Å². The van der Waals surface area contributed by atoms with E-state index in [9.17, 15) is 9.59 Å². The molecule has 6 nitrogen and oxygen atoms in total. The van der Waals surface area contributed by atoms with E-state index < -0.39 is 11.1 Å². The first-order valence-corrected chi connectivity index (χ1v) is 17.9. The summed E-state index contributed by atoms with van der Waals surface area (Å²) >= 11 is 0. The van der Waals surface area contributed by atoms with Gasteiger partial charge in [0.05, 0.1) is 17.7 Å². The van der Waals surface area contributed by atoms with Crippen LogP contribution in [0.4, 0.5) is 4.79 Å². The van der Waals surface area contributed by atoms with Gasteiger partial charge < -0.3 is 15.2 Å². The summed E-state index contributed by atoms with van der Waals surface area (Å²) in [5.74, 6) is 0. The molecule has 2 aromatic carbocycles. The van der Waals surface area contributed by atoms with Crippen LogP contribution in [-0.4, -0.2) is 30.5 Å². The molecule has 6 heteroatoms. The lowest BCUT2D eigenvalue weighted by Gasteiger charge is -2.27. The van der Waals surface area contributed by atoms with E-state index in [1.165, 1.54) is 57.8 Å². The number of nitrogens with one attached hydrogen (secondary N) is 1. The largest absolute Gasteiger partial charge is 0.450 e. The maximum atomic E-state index is 12.0. The molecule has 276 valence electrons. The van der Waals surface area contributed by atoms with Crippen LogP contribution in [0.15, 0.2) is 66.7 Å². The lowest BCUT2D eigenvalue weighted by molar-refractivity contribution is 0.133. The van der Waals surface area contributed by atoms with Crippen molar-refractivity contribution >= 4 is 23.3 Å². The Morgan fingerprint density at radius 2 is 1.22 bits per heavy atom. The van der Waals surface area contributed by atoms with E-state index in [4.69, 9.17) is 9.84 Å². The fourth-order valence-corrected chi connectivity index (χ4v) is 4.82. The fraction of sp³-hybridized carbons (Fsp3) is 0.581. The Labute approximate surface area is 300 Å². The first kappa shape index (κ1) is 47.6. The standard InChI is InChI=1S/C21H33NO2.C13H15NO.C8H18O.CH4/c1-6-7-8-9-10-11-15-24-20(23)22-21(4,5)19-14-12-13-18(16-19)17(2)3;1-10(2)11-6-5-7-12(8-11)13(3,4)14-9-15;1-2-3-4-5-6-7-8-9;/h12-14,16H,2,6-11,15H2,1,3-5H3,(H,22,23);5-8H,1H2,2-4H3;9H,2-8H2,1H3;1H4. The Hall–Kier alpha value is -3.47. The minimum atomic E-state index is -0.521. The van der Waals surface area contributed by atoms with Crippen molar-refractivity contribution in [3.63, 3.8) is 0 Å². The molecular formula is C43H70N2O4. The first-order chi connectivity index (χ1) is 22.7. The average Bonchev–Trinajstić information content (AvgIpc) is 3.05. The summed E-state index contributed by atoms with van der Waals surface area (Å²) in [6, 6.07) is 16.0. The molecule has 0 saturated carbocycles. The van der Waals surface area contributed by atoms with Crippen LogP contribution in [0.2, 0.25) is 0 Å². The van der Waals surface area contributed by atoms with Gasteiger partial charge in [-0.3, -0.25) is 0 Å². The molecule has 49 heavy (non-hydrogen) atoms. The third-order valence-corrected chi connectivity index (χ3v) is 8.12. The molecule has 0 heterocycles. The molecule has 0 spiro atoms. The number of carbonyl (C=O) groups is 1. The van der Waals surface area contributed by atoms with Crippen molar-refractivity contribution in [3.8, 4) is 0 Å². The second-order valence-corrected chi connectivity index (χ2v) is 13.6. The van der Waals surface area contributed by atoms with Crippen LogP contribution in [0.25, 0.3) is 11.1 Å². The van der Waals surface area contributed by atoms with Crippen molar-refractivity contribution in [1.82, 2.24) is 5.32 Å². The van der Waals surface area contributed by atoms with Gasteiger partial charge in [0.1, 0.15) is 0 Å². The predicted molar refractivity (Wildman–Crippen MR) is 212 cm³/mol. The monoisotopic (exact) mass is 679 g/mol. The molecule has 2 rings (SSSR count). The highest BCUT2D eigenvalue weighted by molar-refractivity contribution is 5.69. The molecule has 2 aromatic rings. The van der Waals surface area contributed by atoms with Gasteiger partial charge in [-0.15, -0.1) is 0 Å². The Morgan fingerprint density at radius 3 is 1.69 bits per heavy atom. The van der Waals surface area contributed by atoms with Gasteiger partial charge in [0.15, 0.2) is 0 Å². The number of amides is 1. The summed E-state index contributed by atoms with van der Waals surface area (Å²) in [6.07, 6.45) is 15.8. The second-order valence-electron chi connectivity index (χ2n) is 13.6. The summed E-state index contributed by atoms with van der Waals surface area (Å²) in [5, 5.41) is 11.4. The van der Waals surface area contributed by atoms with Crippen molar-refractivity contribution < 1.29 is 19.4 Å². The average molecular weight is 679 g/mol. The van der Waals surface area contributed by atoms with E-state index in [1.54, 1.807) is 6.08 Å². The van der Waals surface area contributed by atoms with Gasteiger partial charge in [-0.1, -0.05) is 146 Å². The van der Waals surface area contributed by atoms with E-state index in [2.05, 4.69) is 43.4 Å². The second kappa shape index (κ2) is 27.4. The van der Waals surface area contributed by atoms with E-state index in [0.29, 0.717) is 13.2 Å². The highest BCUT2D eigenvalue weighted by Gasteiger charge is 2.24. The minimum Gasteiger partial charge on any atom is -0.450 e. The normalized spacial score (nSPS) is 10.6. The molecule has 0 aliphatic rings. The maximum absolute atomic E-state index is 12.0. The number of aliphatic imine (C=N–C) groups is 1. The summed E-state index contributed by atoms with van der Waals surface area (Å²) < 4.78 is 5.32. The van der Waals surface area contributed by atoms with Crippen molar-refractivity contribution in [3.05, 3.63) is 83.9 Å². The summed E-state index contributed by atoms with van der Waals surface area (Å²) in [6.45, 7) is 24.8. The molecular weight excluding hydrogens is 608 g/mol. The van der Waals surface area contributed by atoms with Gasteiger partial charge in [0, 0.05) is 6.61 Å². The van der Waals surface area contributed by atoms with Crippen LogP contribution in [0.3, 0.4) is 0 Å². The zero-order valence-corrected chi connectivity index (χ0v) is 31.6. The lowest BCUT2D eigenvalue weighted by Crippen LogP contribution is -2.41. The van der Waals surface area contributed by atoms with Crippen molar-refractivity contribution in [2.24, 2.45) is 4.99 Å². The first-order valence-electron chi connectivity index (χ1n) is 17.9. The van der Waals surface area contributed by atoms with Crippen LogP contribution >= 0.6 is 0 Å². The van der Waals surface area contributed by atoms with Gasteiger partial charge in [0.25, 0.3) is 0 Å². The zero-order valence-electron chi connectivity index (χ0n) is 31.6. The smallest absolute Gasteiger partial charge is 0.407 e. The van der Waals surface area contributed by atoms with Crippen molar-refractivity contribution in [2.75, 3.05) is 13.2 Å². The number of allylic oxidation sites excluding steroid dienone is 2. The molecule has 0 aromatic heterocycles. The Morgan fingerprint density at radius 1 is 0.776 bits per heavy atom. The molecule has 0 atom stereocenters. The van der Waals surface area contributed by atoms with Crippen LogP contribution in [0.5, 0.6) is 0 Å². The van der Waals surface area contributed by atoms with Gasteiger partial charge in [0.2, 0.25) is 6.08 Å². The lowest BCUT2D eigenvalue weighted by atomic mass is 9.92. The molecule has 1 amide bonds. The number of aliphatic hydroxyl groups is 1. The Bertz CT molecular complexity index is 1250. The van der Waals surface area contributed by atoms with Crippen molar-refractivity contribution in [2.45, 2.75) is 151 Å². The number of alkyl carbamates (subject to hydrolysis) is 1. The van der Waals surface area contributed by atoms with E-state index in [0.717, 1.165) is 52.7 Å². The molecule has 0 aliphatic carbocycles. The number of nitrogens with zero attached hydrogens (tertiary/aromatic N) is 1. The Kier molecular flexibility index (Phi) is 26.6. The number of hydrogen-bond acceptors (Lipinski definition) is 5. The molecule has 0 bridgehead atoms. The highest BCUT2D eigenvalue weighted by Crippen LogP contribution is 2.26. The van der Waals surface area contributed by atoms with Crippen LogP contribution in [0.1, 0.15) is 162 Å². The third-order valence-electron chi connectivity index (χ3n) is 8.12. The van der Waals surface area contributed by atoms with Gasteiger partial charge >= 0.3 is 6.09 Å². The predicted octanol–water partition coefficient (Wildman–Crippen LogP) is 12.3. The number of isocyanates is 1. The molecule has 0 saturated heterocycles. The number of ether oxygens (including phenoxy) is 1. The maximum Gasteiger partial charge on any atom is 0.407 e. The van der Waals surface area contributed by atoms with E-state index in [1.807, 2.05) is 84.0 Å². The van der Waals surface area contributed by atoms with E-state index in [-0.39, 0.29) is 13.5 Å². The van der Waals surface area contributed by atoms with Gasteiger partial charge in [-0.05, 0) is 88.8 Å². The van der Waals surface area contributed by atoms with Gasteiger partial charge in [-0.2, -0.15) is 4.99 Å². The highest BCUT2D eigenvalue weighted by atomic mass is 16.5. The SMILES string of the molecule is C.C=C(C)c1cccc(C(C)(C)N=C=O)c1.C=C(C)c1cccc(C(C)(C)NC(=O)OCCCCCCCC)c1.CCCCCCCCO. The minimum absolute atomic E-state index is 0. The molecule has 0 unspecified atom stereocenters. The van der Waals surface area contributed by atoms with Crippen LogP contribution in [0, 0.1) is 0 Å². The molecule has 0 aliphatic heterocycles. The number of hydrogen-bond donors (Lipinski definition) is 2. The molecule has 2 N–H and O–H groups in total. The van der Waals surface area contributed by atoms with E-state index >= 15 is 0 Å². The number of carbonyl (C=O) groups excluding carboxylic acids is 2. The summed E-state index contributed by atoms with van der Waals surface area (Å²) in [5.41, 5.74) is 5.20. The van der Waals surface area contributed by atoms with Crippen molar-refractivity contribution in [1.29, 1.82) is 0 Å². The topological polar surface area (TPSA) is 88.0 Å². The third kappa shape index (κ3) is 22.0.